The number of benzene rings is 3. The molecule has 1 N–H and O–H groups in total. The molecule has 7 nitrogen and oxygen atoms in total. The Hall–Kier alpha value is -3.34. The van der Waals surface area contributed by atoms with Crippen LogP contribution in [0.5, 0.6) is 5.75 Å². The van der Waals surface area contributed by atoms with Gasteiger partial charge in [0.2, 0.25) is 5.91 Å². The van der Waals surface area contributed by atoms with Crippen molar-refractivity contribution < 1.29 is 9.53 Å². The standard InChI is InChI=1S/C28H27N5O2S3/c1-3-33-24(18-36-28-30-21-15-9-11-17-23(21)37-28)31-32-27(33)38-25(19-12-6-5-7-13-19)26(34)29-20-14-8-10-16-22(20)35-4-2/h5-17,25H,3-4,18H2,1-2H3,(H,29,34)/t25-/m1/s1. The number of carbonyl (C=O) groups excluding carboxylic acids is 1. The molecule has 0 saturated heterocycles. The molecule has 0 spiro atoms. The molecule has 0 saturated carbocycles. The molecule has 5 aromatic rings. The number of aromatic nitrogens is 4. The number of hydrogen-bond acceptors (Lipinski definition) is 8. The molecule has 0 unspecified atom stereocenters. The summed E-state index contributed by atoms with van der Waals surface area (Å²) in [5.74, 6) is 1.99. The maximum absolute atomic E-state index is 13.6. The molecule has 1 amide bonds. The first kappa shape index (κ1) is 26.3. The Morgan fingerprint density at radius 2 is 1.76 bits per heavy atom. The zero-order valence-electron chi connectivity index (χ0n) is 21.0. The van der Waals surface area contributed by atoms with Gasteiger partial charge in [0.15, 0.2) is 9.50 Å². The van der Waals surface area contributed by atoms with E-state index in [2.05, 4.69) is 33.1 Å². The number of amides is 1. The number of anilines is 1. The Morgan fingerprint density at radius 1 is 1.00 bits per heavy atom. The van der Waals surface area contributed by atoms with Crippen molar-refractivity contribution in [3.8, 4) is 5.75 Å². The zero-order chi connectivity index (χ0) is 26.3. The third-order valence-corrected chi connectivity index (χ3v) is 9.13. The van der Waals surface area contributed by atoms with Gasteiger partial charge in [-0.3, -0.25) is 4.79 Å². The number of fused-ring (bicyclic) bond motifs is 1. The van der Waals surface area contributed by atoms with Crippen molar-refractivity contribution in [1.29, 1.82) is 0 Å². The van der Waals surface area contributed by atoms with Crippen molar-refractivity contribution in [2.24, 2.45) is 0 Å². The number of carbonyl (C=O) groups is 1. The minimum absolute atomic E-state index is 0.149. The van der Waals surface area contributed by atoms with Crippen LogP contribution in [0.3, 0.4) is 0 Å². The van der Waals surface area contributed by atoms with Crippen molar-refractivity contribution >= 4 is 56.7 Å². The van der Waals surface area contributed by atoms with E-state index in [0.717, 1.165) is 21.2 Å². The first-order valence-corrected chi connectivity index (χ1v) is 15.0. The van der Waals surface area contributed by atoms with E-state index < -0.39 is 5.25 Å². The molecule has 3 aromatic carbocycles. The minimum Gasteiger partial charge on any atom is -0.492 e. The summed E-state index contributed by atoms with van der Waals surface area (Å²) in [6.45, 7) is 5.20. The van der Waals surface area contributed by atoms with Crippen LogP contribution in [0.2, 0.25) is 0 Å². The predicted octanol–water partition coefficient (Wildman–Crippen LogP) is 7.07. The van der Waals surface area contributed by atoms with E-state index in [-0.39, 0.29) is 5.91 Å². The lowest BCUT2D eigenvalue weighted by atomic mass is 10.1. The lowest BCUT2D eigenvalue weighted by molar-refractivity contribution is -0.115. The van der Waals surface area contributed by atoms with Crippen LogP contribution in [0, 0.1) is 0 Å². The van der Waals surface area contributed by atoms with Crippen molar-refractivity contribution in [2.45, 2.75) is 40.9 Å². The van der Waals surface area contributed by atoms with Crippen molar-refractivity contribution in [2.75, 3.05) is 11.9 Å². The van der Waals surface area contributed by atoms with E-state index in [1.54, 1.807) is 23.1 Å². The second-order valence-electron chi connectivity index (χ2n) is 8.21. The summed E-state index contributed by atoms with van der Waals surface area (Å²) in [6, 6.07) is 25.4. The Labute approximate surface area is 234 Å². The number of nitrogens with zero attached hydrogens (tertiary/aromatic N) is 4. The third-order valence-electron chi connectivity index (χ3n) is 5.72. The van der Waals surface area contributed by atoms with E-state index in [0.29, 0.717) is 35.5 Å². The number of rotatable bonds is 11. The highest BCUT2D eigenvalue weighted by Gasteiger charge is 2.26. The van der Waals surface area contributed by atoms with E-state index in [4.69, 9.17) is 9.72 Å². The molecular formula is C28H27N5O2S3. The maximum atomic E-state index is 13.6. The van der Waals surface area contributed by atoms with Crippen LogP contribution in [-0.4, -0.2) is 32.3 Å². The van der Waals surface area contributed by atoms with Crippen molar-refractivity contribution in [3.05, 3.63) is 90.3 Å². The number of thiazole rings is 1. The Kier molecular flexibility index (Phi) is 8.62. The molecule has 10 heteroatoms. The molecule has 0 aliphatic heterocycles. The minimum atomic E-state index is -0.523. The molecule has 38 heavy (non-hydrogen) atoms. The van der Waals surface area contributed by atoms with Gasteiger partial charge in [-0.1, -0.05) is 78.1 Å². The Morgan fingerprint density at radius 3 is 2.55 bits per heavy atom. The molecule has 0 aliphatic carbocycles. The van der Waals surface area contributed by atoms with E-state index in [1.165, 1.54) is 16.5 Å². The van der Waals surface area contributed by atoms with Crippen LogP contribution in [0.4, 0.5) is 5.69 Å². The van der Waals surface area contributed by atoms with Gasteiger partial charge in [-0.25, -0.2) is 4.98 Å². The van der Waals surface area contributed by atoms with Gasteiger partial charge in [-0.2, -0.15) is 0 Å². The van der Waals surface area contributed by atoms with Crippen LogP contribution < -0.4 is 10.1 Å². The summed E-state index contributed by atoms with van der Waals surface area (Å²) in [5.41, 5.74) is 2.54. The van der Waals surface area contributed by atoms with E-state index in [9.17, 15) is 4.79 Å². The normalized spacial score (nSPS) is 11.9. The number of hydrogen-bond donors (Lipinski definition) is 1. The average Bonchev–Trinajstić information content (AvgIpc) is 3.55. The third kappa shape index (κ3) is 6.03. The number of para-hydroxylation sites is 3. The fourth-order valence-electron chi connectivity index (χ4n) is 3.93. The Bertz CT molecular complexity index is 1490. The van der Waals surface area contributed by atoms with Gasteiger partial charge in [0.1, 0.15) is 16.8 Å². The lowest BCUT2D eigenvalue weighted by Crippen LogP contribution is -2.20. The van der Waals surface area contributed by atoms with Crippen LogP contribution in [0.25, 0.3) is 10.2 Å². The second-order valence-corrected chi connectivity index (χ2v) is 11.5. The smallest absolute Gasteiger partial charge is 0.242 e. The summed E-state index contributed by atoms with van der Waals surface area (Å²) < 4.78 is 9.95. The summed E-state index contributed by atoms with van der Waals surface area (Å²) >= 11 is 4.73. The summed E-state index contributed by atoms with van der Waals surface area (Å²) in [5, 5.41) is 12.2. The van der Waals surface area contributed by atoms with Crippen molar-refractivity contribution in [3.63, 3.8) is 0 Å². The molecule has 2 aromatic heterocycles. The fraction of sp³-hybridized carbons (Fsp3) is 0.214. The van der Waals surface area contributed by atoms with E-state index in [1.807, 2.05) is 79.7 Å². The fourth-order valence-corrected chi connectivity index (χ4v) is 7.05. The predicted molar refractivity (Wildman–Crippen MR) is 156 cm³/mol. The molecular weight excluding hydrogens is 535 g/mol. The van der Waals surface area contributed by atoms with Gasteiger partial charge >= 0.3 is 0 Å². The second kappa shape index (κ2) is 12.5. The topological polar surface area (TPSA) is 81.9 Å². The quantitative estimate of drug-likeness (QED) is 0.173. The highest BCUT2D eigenvalue weighted by Crippen LogP contribution is 2.38. The molecule has 194 valence electrons. The number of ether oxygens (including phenoxy) is 1. The maximum Gasteiger partial charge on any atom is 0.242 e. The Balaban J connectivity index is 1.36. The van der Waals surface area contributed by atoms with E-state index >= 15 is 0 Å². The molecule has 0 fully saturated rings. The molecule has 0 aliphatic rings. The summed E-state index contributed by atoms with van der Waals surface area (Å²) in [6.07, 6.45) is 0. The number of thioether (sulfide) groups is 2. The van der Waals surface area contributed by atoms with Crippen molar-refractivity contribution in [1.82, 2.24) is 19.7 Å². The van der Waals surface area contributed by atoms with Gasteiger partial charge in [0, 0.05) is 6.54 Å². The van der Waals surface area contributed by atoms with Gasteiger partial charge in [0.25, 0.3) is 0 Å². The molecule has 0 radical (unpaired) electrons. The number of nitrogens with one attached hydrogen (secondary N) is 1. The molecule has 2 heterocycles. The van der Waals surface area contributed by atoms with Crippen LogP contribution in [0.1, 0.15) is 30.5 Å². The van der Waals surface area contributed by atoms with Crippen LogP contribution in [-0.2, 0) is 17.1 Å². The first-order chi connectivity index (χ1) is 18.7. The van der Waals surface area contributed by atoms with Gasteiger partial charge in [-0.05, 0) is 43.7 Å². The largest absolute Gasteiger partial charge is 0.492 e. The molecule has 1 atom stereocenters. The zero-order valence-corrected chi connectivity index (χ0v) is 23.5. The molecule has 0 bridgehead atoms. The SMILES string of the molecule is CCOc1ccccc1NC(=O)[C@H](Sc1nnc(CSc2nc3ccccc3s2)n1CC)c1ccccc1. The summed E-state index contributed by atoms with van der Waals surface area (Å²) in [4.78, 5) is 18.3. The highest BCUT2D eigenvalue weighted by atomic mass is 32.2. The first-order valence-electron chi connectivity index (χ1n) is 12.3. The van der Waals surface area contributed by atoms with Gasteiger partial charge in [-0.15, -0.1) is 21.5 Å². The van der Waals surface area contributed by atoms with Gasteiger partial charge in [0.05, 0.1) is 28.3 Å². The molecule has 5 rings (SSSR count). The van der Waals surface area contributed by atoms with Crippen LogP contribution in [0.15, 0.2) is 88.4 Å². The van der Waals surface area contributed by atoms with Gasteiger partial charge < -0.3 is 14.6 Å². The van der Waals surface area contributed by atoms with Crippen LogP contribution >= 0.6 is 34.9 Å². The monoisotopic (exact) mass is 561 g/mol. The lowest BCUT2D eigenvalue weighted by Gasteiger charge is -2.18. The highest BCUT2D eigenvalue weighted by molar-refractivity contribution is 8.00. The summed E-state index contributed by atoms with van der Waals surface area (Å²) in [7, 11) is 0. The average molecular weight is 562 g/mol.